The van der Waals surface area contributed by atoms with Gasteiger partial charge in [0.15, 0.2) is 0 Å². The molecule has 2 fully saturated rings. The number of ether oxygens (including phenoxy) is 1. The Morgan fingerprint density at radius 1 is 1.00 bits per heavy atom. The molecule has 0 heterocycles. The summed E-state index contributed by atoms with van der Waals surface area (Å²) in [5.74, 6) is 1.86. The van der Waals surface area contributed by atoms with Gasteiger partial charge in [0.2, 0.25) is 0 Å². The Hall–Kier alpha value is -0.0400. The molecule has 0 spiro atoms. The minimum atomic E-state index is 0.552. The Morgan fingerprint density at radius 2 is 1.77 bits per heavy atom. The molecule has 2 saturated carbocycles. The predicted octanol–water partition coefficient (Wildman–Crippen LogP) is 3.20. The van der Waals surface area contributed by atoms with E-state index < -0.39 is 0 Å². The average molecular weight is 181 g/mol. The van der Waals surface area contributed by atoms with Crippen molar-refractivity contribution in [3.8, 4) is 0 Å². The van der Waals surface area contributed by atoms with E-state index in [4.69, 9.17) is 4.74 Å². The van der Waals surface area contributed by atoms with Crippen molar-refractivity contribution in [1.29, 1.82) is 0 Å². The van der Waals surface area contributed by atoms with E-state index in [0.717, 1.165) is 11.8 Å². The van der Waals surface area contributed by atoms with E-state index in [-0.39, 0.29) is 0 Å². The molecule has 0 aliphatic heterocycles. The van der Waals surface area contributed by atoms with E-state index in [2.05, 4.69) is 6.92 Å². The van der Waals surface area contributed by atoms with Gasteiger partial charge in [-0.3, -0.25) is 0 Å². The zero-order chi connectivity index (χ0) is 9.10. The van der Waals surface area contributed by atoms with Gasteiger partial charge in [0.05, 0.1) is 6.10 Å². The number of hydrogen-bond acceptors (Lipinski definition) is 1. The lowest BCUT2D eigenvalue weighted by Crippen LogP contribution is -2.36. The minimum absolute atomic E-state index is 0.552. The van der Waals surface area contributed by atoms with Crippen LogP contribution in [0.4, 0.5) is 0 Å². The summed E-state index contributed by atoms with van der Waals surface area (Å²) in [7, 11) is 0. The Labute approximate surface area is 81.9 Å². The van der Waals surface area contributed by atoms with Crippen molar-refractivity contribution >= 4 is 0 Å². The fourth-order valence-corrected chi connectivity index (χ4v) is 3.24. The summed E-state index contributed by atoms with van der Waals surface area (Å²) in [5, 5.41) is 0. The zero-order valence-corrected chi connectivity index (χ0v) is 8.50. The van der Waals surface area contributed by atoms with Gasteiger partial charge < -0.3 is 4.74 Å². The third kappa shape index (κ3) is 2.07. The molecule has 75 valence electrons. The molecule has 3 atom stereocenters. The molecule has 0 bridgehead atoms. The Balaban J connectivity index is 1.94. The number of rotatable bonds is 2. The molecule has 0 aromatic rings. The van der Waals surface area contributed by atoms with Gasteiger partial charge >= 0.3 is 0 Å². The maximum atomic E-state index is 5.74. The monoisotopic (exact) mass is 181 g/mol. The minimum Gasteiger partial charge on any atom is -0.378 e. The van der Waals surface area contributed by atoms with Gasteiger partial charge in [-0.05, 0) is 38.0 Å². The van der Waals surface area contributed by atoms with Crippen LogP contribution in [0.15, 0.2) is 0 Å². The first-order valence-electron chi connectivity index (χ1n) is 5.82. The molecule has 1 radical (unpaired) electrons. The molecule has 2 rings (SSSR count). The van der Waals surface area contributed by atoms with E-state index in [1.807, 2.05) is 0 Å². The van der Waals surface area contributed by atoms with Crippen LogP contribution >= 0.6 is 0 Å². The van der Waals surface area contributed by atoms with Crippen LogP contribution in [0.2, 0.25) is 0 Å². The van der Waals surface area contributed by atoms with Crippen LogP contribution in [0.5, 0.6) is 0 Å². The van der Waals surface area contributed by atoms with Gasteiger partial charge in [0.25, 0.3) is 0 Å². The van der Waals surface area contributed by atoms with Crippen LogP contribution in [-0.2, 0) is 4.74 Å². The maximum Gasteiger partial charge on any atom is 0.0605 e. The van der Waals surface area contributed by atoms with Crippen molar-refractivity contribution in [2.24, 2.45) is 11.8 Å². The standard InChI is InChI=1S/C12H21O/c1-2-13-12-9-5-7-10-6-3-4-8-11(10)12/h10-12H,1-9H2. The first kappa shape index (κ1) is 9.51. The summed E-state index contributed by atoms with van der Waals surface area (Å²) in [5.41, 5.74) is 0. The van der Waals surface area contributed by atoms with Gasteiger partial charge in [-0.1, -0.05) is 25.7 Å². The molecule has 0 aromatic heterocycles. The first-order chi connectivity index (χ1) is 6.42. The van der Waals surface area contributed by atoms with Crippen molar-refractivity contribution < 1.29 is 4.74 Å². The molecular weight excluding hydrogens is 160 g/mol. The van der Waals surface area contributed by atoms with Gasteiger partial charge in [0.1, 0.15) is 0 Å². The van der Waals surface area contributed by atoms with Crippen LogP contribution < -0.4 is 0 Å². The molecular formula is C12H21O. The lowest BCUT2D eigenvalue weighted by atomic mass is 9.69. The van der Waals surface area contributed by atoms with Crippen LogP contribution in [0.1, 0.15) is 44.9 Å². The largest absolute Gasteiger partial charge is 0.378 e. The van der Waals surface area contributed by atoms with E-state index in [1.165, 1.54) is 44.9 Å². The summed E-state index contributed by atoms with van der Waals surface area (Å²) >= 11 is 0. The van der Waals surface area contributed by atoms with Gasteiger partial charge in [-0.25, -0.2) is 0 Å². The van der Waals surface area contributed by atoms with Gasteiger partial charge in [-0.15, -0.1) is 0 Å². The van der Waals surface area contributed by atoms with E-state index in [0.29, 0.717) is 12.7 Å². The van der Waals surface area contributed by atoms with E-state index >= 15 is 0 Å². The molecule has 2 aliphatic carbocycles. The summed E-state index contributed by atoms with van der Waals surface area (Å²) in [4.78, 5) is 0. The molecule has 3 unspecified atom stereocenters. The third-order valence-corrected chi connectivity index (χ3v) is 3.84. The topological polar surface area (TPSA) is 9.23 Å². The van der Waals surface area contributed by atoms with Gasteiger partial charge in [-0.2, -0.15) is 0 Å². The molecule has 0 saturated heterocycles. The van der Waals surface area contributed by atoms with E-state index in [9.17, 15) is 0 Å². The maximum absolute atomic E-state index is 5.74. The predicted molar refractivity (Wildman–Crippen MR) is 54.4 cm³/mol. The normalized spacial score (nSPS) is 39.9. The molecule has 1 nitrogen and oxygen atoms in total. The van der Waals surface area contributed by atoms with Crippen LogP contribution in [0.25, 0.3) is 0 Å². The fourth-order valence-electron chi connectivity index (χ4n) is 3.24. The van der Waals surface area contributed by atoms with Crippen molar-refractivity contribution in [2.45, 2.75) is 51.0 Å². The van der Waals surface area contributed by atoms with Crippen LogP contribution in [0.3, 0.4) is 0 Å². The summed E-state index contributed by atoms with van der Waals surface area (Å²) in [6.07, 6.45) is 10.4. The van der Waals surface area contributed by atoms with Crippen molar-refractivity contribution in [1.82, 2.24) is 0 Å². The van der Waals surface area contributed by atoms with Crippen molar-refractivity contribution in [3.63, 3.8) is 0 Å². The van der Waals surface area contributed by atoms with Crippen LogP contribution in [0, 0.1) is 18.8 Å². The Kier molecular flexibility index (Phi) is 3.26. The lowest BCUT2D eigenvalue weighted by Gasteiger charge is -2.41. The summed E-state index contributed by atoms with van der Waals surface area (Å²) < 4.78 is 5.74. The second-order valence-electron chi connectivity index (χ2n) is 4.55. The number of hydrogen-bond donors (Lipinski definition) is 0. The highest BCUT2D eigenvalue weighted by molar-refractivity contribution is 4.85. The van der Waals surface area contributed by atoms with Gasteiger partial charge in [0, 0.05) is 6.61 Å². The zero-order valence-electron chi connectivity index (χ0n) is 8.50. The first-order valence-corrected chi connectivity index (χ1v) is 5.82. The van der Waals surface area contributed by atoms with Crippen LogP contribution in [-0.4, -0.2) is 12.7 Å². The molecule has 13 heavy (non-hydrogen) atoms. The molecule has 2 aliphatic rings. The highest BCUT2D eigenvalue weighted by Gasteiger charge is 2.34. The molecule has 0 amide bonds. The summed E-state index contributed by atoms with van der Waals surface area (Å²) in [6.45, 7) is 4.46. The van der Waals surface area contributed by atoms with E-state index in [1.54, 1.807) is 0 Å². The lowest BCUT2D eigenvalue weighted by molar-refractivity contribution is -0.0364. The summed E-state index contributed by atoms with van der Waals surface area (Å²) in [6, 6.07) is 0. The number of fused-ring (bicyclic) bond motifs is 1. The SMILES string of the molecule is [CH2]COC1CCCC2CCCCC21. The highest BCUT2D eigenvalue weighted by Crippen LogP contribution is 2.41. The smallest absolute Gasteiger partial charge is 0.0605 e. The third-order valence-electron chi connectivity index (χ3n) is 3.84. The van der Waals surface area contributed by atoms with Crippen molar-refractivity contribution in [2.75, 3.05) is 6.61 Å². The molecule has 0 N–H and O–H groups in total. The quantitative estimate of drug-likeness (QED) is 0.635. The second kappa shape index (κ2) is 4.45. The molecule has 1 heteroatoms. The average Bonchev–Trinajstić information content (AvgIpc) is 2.19. The second-order valence-corrected chi connectivity index (χ2v) is 4.55. The highest BCUT2D eigenvalue weighted by atomic mass is 16.5. The molecule has 0 aromatic carbocycles. The fraction of sp³-hybridized carbons (Fsp3) is 0.917. The Morgan fingerprint density at radius 3 is 2.62 bits per heavy atom. The van der Waals surface area contributed by atoms with Crippen molar-refractivity contribution in [3.05, 3.63) is 6.92 Å². The Bertz CT molecular complexity index is 151.